The number of rotatable bonds is 0. The monoisotopic (exact) mass is 178 g/mol. The van der Waals surface area contributed by atoms with Gasteiger partial charge in [-0.1, -0.05) is 0 Å². The summed E-state index contributed by atoms with van der Waals surface area (Å²) in [4.78, 5) is 0. The van der Waals surface area contributed by atoms with Crippen molar-refractivity contribution in [1.29, 1.82) is 0 Å². The Morgan fingerprint density at radius 1 is 0.583 bits per heavy atom. The molecule has 0 saturated heterocycles. The van der Waals surface area contributed by atoms with Gasteiger partial charge in [0.05, 0.1) is 18.2 Å². The maximum absolute atomic E-state index is 9.22. The number of hydrogen-bond donors (Lipinski definition) is 6. The molecule has 0 unspecified atom stereocenters. The van der Waals surface area contributed by atoms with Crippen LogP contribution in [0.25, 0.3) is 0 Å². The summed E-state index contributed by atoms with van der Waals surface area (Å²) in [6.07, 6.45) is -5.26. The molecule has 0 spiro atoms. The molecule has 0 heterocycles. The van der Waals surface area contributed by atoms with Gasteiger partial charge in [0.25, 0.3) is 0 Å². The van der Waals surface area contributed by atoms with Gasteiger partial charge in [0.15, 0.2) is 0 Å². The normalized spacial score (nSPS) is 55.5. The third-order valence-corrected chi connectivity index (χ3v) is 2.28. The van der Waals surface area contributed by atoms with E-state index in [9.17, 15) is 5.11 Å². The van der Waals surface area contributed by atoms with Crippen LogP contribution in [0.5, 0.6) is 0 Å². The van der Waals surface area contributed by atoms with Crippen LogP contribution in [-0.2, 0) is 0 Å². The van der Waals surface area contributed by atoms with E-state index in [0.29, 0.717) is 0 Å². The Labute approximate surface area is 69.4 Å². The van der Waals surface area contributed by atoms with Gasteiger partial charge in [-0.25, -0.2) is 0 Å². The van der Waals surface area contributed by atoms with Crippen molar-refractivity contribution in [2.24, 2.45) is 11.5 Å². The molecule has 0 aromatic carbocycles. The fraction of sp³-hybridized carbons (Fsp3) is 1.00. The molecule has 1 aliphatic carbocycles. The van der Waals surface area contributed by atoms with Gasteiger partial charge in [0.2, 0.25) is 0 Å². The molecule has 0 aliphatic heterocycles. The first-order valence-electron chi connectivity index (χ1n) is 3.70. The van der Waals surface area contributed by atoms with Crippen LogP contribution in [-0.4, -0.2) is 56.9 Å². The third kappa shape index (κ3) is 1.33. The Balaban J connectivity index is 2.76. The summed E-state index contributed by atoms with van der Waals surface area (Å²) in [6, 6.07) is -2.03. The van der Waals surface area contributed by atoms with Gasteiger partial charge in [-0.2, -0.15) is 0 Å². The van der Waals surface area contributed by atoms with E-state index in [4.69, 9.17) is 26.8 Å². The predicted molar refractivity (Wildman–Crippen MR) is 40.0 cm³/mol. The molecule has 1 saturated carbocycles. The molecule has 0 amide bonds. The van der Waals surface area contributed by atoms with Crippen molar-refractivity contribution in [1.82, 2.24) is 0 Å². The highest BCUT2D eigenvalue weighted by Gasteiger charge is 2.45. The molecule has 1 aliphatic rings. The van der Waals surface area contributed by atoms with Crippen LogP contribution in [0.4, 0.5) is 0 Å². The van der Waals surface area contributed by atoms with Gasteiger partial charge in [0.1, 0.15) is 18.3 Å². The van der Waals surface area contributed by atoms with Gasteiger partial charge in [-0.15, -0.1) is 0 Å². The molecule has 0 aromatic rings. The molecule has 72 valence electrons. The topological polar surface area (TPSA) is 133 Å². The summed E-state index contributed by atoms with van der Waals surface area (Å²) in [6.45, 7) is 0. The fourth-order valence-corrected chi connectivity index (χ4v) is 1.32. The number of nitrogens with two attached hydrogens (primary N) is 2. The fourth-order valence-electron chi connectivity index (χ4n) is 1.32. The average molecular weight is 178 g/mol. The third-order valence-electron chi connectivity index (χ3n) is 2.28. The van der Waals surface area contributed by atoms with Gasteiger partial charge < -0.3 is 31.9 Å². The summed E-state index contributed by atoms with van der Waals surface area (Å²) < 4.78 is 0. The zero-order valence-corrected chi connectivity index (χ0v) is 6.41. The summed E-state index contributed by atoms with van der Waals surface area (Å²) in [7, 11) is 0. The first-order valence-corrected chi connectivity index (χ1v) is 3.70. The summed E-state index contributed by atoms with van der Waals surface area (Å²) in [5, 5.41) is 36.7. The summed E-state index contributed by atoms with van der Waals surface area (Å²) in [5.41, 5.74) is 10.6. The van der Waals surface area contributed by atoms with Crippen molar-refractivity contribution in [3.05, 3.63) is 0 Å². The molecule has 0 bridgehead atoms. The van der Waals surface area contributed by atoms with Crippen LogP contribution in [0.3, 0.4) is 0 Å². The molecule has 0 radical (unpaired) electrons. The first kappa shape index (κ1) is 9.85. The first-order chi connectivity index (χ1) is 5.46. The van der Waals surface area contributed by atoms with E-state index in [1.165, 1.54) is 0 Å². The highest BCUT2D eigenvalue weighted by Crippen LogP contribution is 2.18. The minimum absolute atomic E-state index is 1.02. The Bertz CT molecular complexity index is 109. The largest absolute Gasteiger partial charge is 0.390 e. The quantitative estimate of drug-likeness (QED) is 0.224. The van der Waals surface area contributed by atoms with Crippen LogP contribution >= 0.6 is 0 Å². The smallest absolute Gasteiger partial charge is 0.109 e. The van der Waals surface area contributed by atoms with Crippen LogP contribution in [0.15, 0.2) is 0 Å². The van der Waals surface area contributed by atoms with Gasteiger partial charge >= 0.3 is 0 Å². The second-order valence-corrected chi connectivity index (χ2v) is 3.12. The summed E-state index contributed by atoms with van der Waals surface area (Å²) >= 11 is 0. The Hall–Kier alpha value is -0.240. The zero-order chi connectivity index (χ0) is 9.46. The molecule has 1 fully saturated rings. The lowest BCUT2D eigenvalue weighted by Gasteiger charge is -2.40. The van der Waals surface area contributed by atoms with Crippen LogP contribution in [0, 0.1) is 0 Å². The second kappa shape index (κ2) is 3.25. The number of aliphatic hydroxyl groups excluding tert-OH is 4. The SMILES string of the molecule is N[C@@H]1[C@@H](O)[C@H](N)[C@@H](O)[C@H](O)[C@H]1O. The molecule has 0 aromatic heterocycles. The van der Waals surface area contributed by atoms with Gasteiger partial charge in [0, 0.05) is 0 Å². The van der Waals surface area contributed by atoms with Crippen LogP contribution in [0.2, 0.25) is 0 Å². The van der Waals surface area contributed by atoms with Crippen molar-refractivity contribution in [3.63, 3.8) is 0 Å². The van der Waals surface area contributed by atoms with E-state index in [-0.39, 0.29) is 0 Å². The predicted octanol–water partition coefficient (Wildman–Crippen LogP) is -3.90. The Morgan fingerprint density at radius 3 is 1.25 bits per heavy atom. The number of hydrogen-bond acceptors (Lipinski definition) is 6. The lowest BCUT2D eigenvalue weighted by atomic mass is 9.82. The average Bonchev–Trinajstić information content (AvgIpc) is 2.08. The second-order valence-electron chi connectivity index (χ2n) is 3.12. The van der Waals surface area contributed by atoms with E-state index in [1.54, 1.807) is 0 Å². The summed E-state index contributed by atoms with van der Waals surface area (Å²) in [5.74, 6) is 0. The maximum atomic E-state index is 9.22. The Morgan fingerprint density at radius 2 is 0.917 bits per heavy atom. The Kier molecular flexibility index (Phi) is 2.67. The van der Waals surface area contributed by atoms with Crippen molar-refractivity contribution in [2.75, 3.05) is 0 Å². The lowest BCUT2D eigenvalue weighted by molar-refractivity contribution is -0.137. The molecule has 6 nitrogen and oxygen atoms in total. The maximum Gasteiger partial charge on any atom is 0.109 e. The lowest BCUT2D eigenvalue weighted by Crippen LogP contribution is -2.69. The molecule has 12 heavy (non-hydrogen) atoms. The van der Waals surface area contributed by atoms with Gasteiger partial charge in [-0.3, -0.25) is 0 Å². The highest BCUT2D eigenvalue weighted by atomic mass is 16.4. The van der Waals surface area contributed by atoms with Crippen molar-refractivity contribution >= 4 is 0 Å². The van der Waals surface area contributed by atoms with E-state index in [0.717, 1.165) is 0 Å². The minimum atomic E-state index is -1.39. The molecular weight excluding hydrogens is 164 g/mol. The standard InChI is InChI=1S/C6H14N2O4/c7-1-3(9)2(8)5(11)6(12)4(1)10/h1-6,9-12H,7-8H2/t1-,2+,3-,4+,5-,6-. The van der Waals surface area contributed by atoms with E-state index in [2.05, 4.69) is 0 Å². The van der Waals surface area contributed by atoms with E-state index >= 15 is 0 Å². The zero-order valence-electron chi connectivity index (χ0n) is 6.41. The highest BCUT2D eigenvalue weighted by molar-refractivity contribution is 5.02. The van der Waals surface area contributed by atoms with E-state index < -0.39 is 36.5 Å². The molecular formula is C6H14N2O4. The van der Waals surface area contributed by atoms with Crippen molar-refractivity contribution in [2.45, 2.75) is 36.5 Å². The molecule has 6 atom stereocenters. The van der Waals surface area contributed by atoms with Gasteiger partial charge in [-0.05, 0) is 0 Å². The van der Waals surface area contributed by atoms with Crippen molar-refractivity contribution in [3.8, 4) is 0 Å². The minimum Gasteiger partial charge on any atom is -0.390 e. The molecule has 6 heteroatoms. The molecule has 8 N–H and O–H groups in total. The van der Waals surface area contributed by atoms with Crippen LogP contribution < -0.4 is 11.5 Å². The molecule has 1 rings (SSSR count). The van der Waals surface area contributed by atoms with Crippen LogP contribution in [0.1, 0.15) is 0 Å². The van der Waals surface area contributed by atoms with Crippen molar-refractivity contribution < 1.29 is 20.4 Å². The van der Waals surface area contributed by atoms with E-state index in [1.807, 2.05) is 0 Å². The number of aliphatic hydroxyl groups is 4.